The van der Waals surface area contributed by atoms with Gasteiger partial charge in [-0.2, -0.15) is 0 Å². The lowest BCUT2D eigenvalue weighted by molar-refractivity contribution is 0.211. The van der Waals surface area contributed by atoms with Gasteiger partial charge in [-0.25, -0.2) is 9.97 Å². The van der Waals surface area contributed by atoms with E-state index < -0.39 is 0 Å². The van der Waals surface area contributed by atoms with Crippen molar-refractivity contribution in [3.8, 4) is 5.75 Å². The number of aliphatic hydroxyl groups excluding tert-OH is 1. The number of likely N-dealkylation sites (tertiary alicyclic amines) is 1. The van der Waals surface area contributed by atoms with Crippen LogP contribution in [0, 0.1) is 0 Å². The molecule has 1 aromatic heterocycles. The standard InChI is InChI=1S/C28H29ClN4O2/c29-28-31-25-16-26(35-19-21-9-5-2-6-10-21)22(18-34)15-24(25)27(32-28)30-23-11-13-33(14-12-23)17-20-7-3-1-4-8-20/h1-10,15-16,23,34H,11-14,17-19H2,(H,30,31,32). The number of piperidine rings is 1. The highest BCUT2D eigenvalue weighted by molar-refractivity contribution is 6.28. The van der Waals surface area contributed by atoms with Gasteiger partial charge in [0.2, 0.25) is 5.28 Å². The Morgan fingerprint density at radius 3 is 2.31 bits per heavy atom. The summed E-state index contributed by atoms with van der Waals surface area (Å²) in [7, 11) is 0. The van der Waals surface area contributed by atoms with Crippen molar-refractivity contribution in [2.75, 3.05) is 18.4 Å². The fourth-order valence-electron chi connectivity index (χ4n) is 4.55. The van der Waals surface area contributed by atoms with Crippen LogP contribution in [0.1, 0.15) is 29.5 Å². The molecular formula is C28H29ClN4O2. The lowest BCUT2D eigenvalue weighted by atomic mass is 10.0. The zero-order valence-electron chi connectivity index (χ0n) is 19.5. The van der Waals surface area contributed by atoms with Crippen molar-refractivity contribution in [2.24, 2.45) is 0 Å². The number of ether oxygens (including phenoxy) is 1. The predicted molar refractivity (Wildman–Crippen MR) is 140 cm³/mol. The second kappa shape index (κ2) is 11.0. The fraction of sp³-hybridized carbons (Fsp3) is 0.286. The van der Waals surface area contributed by atoms with Gasteiger partial charge in [-0.1, -0.05) is 60.7 Å². The summed E-state index contributed by atoms with van der Waals surface area (Å²) >= 11 is 6.29. The van der Waals surface area contributed by atoms with Crippen LogP contribution < -0.4 is 10.1 Å². The number of hydrogen-bond donors (Lipinski definition) is 2. The third-order valence-corrected chi connectivity index (χ3v) is 6.60. The largest absolute Gasteiger partial charge is 0.488 e. The summed E-state index contributed by atoms with van der Waals surface area (Å²) in [6, 6.07) is 24.6. The quantitative estimate of drug-likeness (QED) is 0.322. The summed E-state index contributed by atoms with van der Waals surface area (Å²) in [6.45, 7) is 3.28. The van der Waals surface area contributed by atoms with Gasteiger partial charge in [0.1, 0.15) is 18.2 Å². The van der Waals surface area contributed by atoms with E-state index in [0.717, 1.165) is 43.4 Å². The van der Waals surface area contributed by atoms with Crippen LogP contribution >= 0.6 is 11.6 Å². The Kier molecular flexibility index (Phi) is 7.42. The molecule has 0 radical (unpaired) electrons. The van der Waals surface area contributed by atoms with E-state index in [-0.39, 0.29) is 11.9 Å². The second-order valence-electron chi connectivity index (χ2n) is 8.93. The summed E-state index contributed by atoms with van der Waals surface area (Å²) in [4.78, 5) is 11.4. The Labute approximate surface area is 210 Å². The van der Waals surface area contributed by atoms with E-state index in [1.54, 1.807) is 0 Å². The number of nitrogens with zero attached hydrogens (tertiary/aromatic N) is 3. The molecule has 3 aromatic carbocycles. The number of fused-ring (bicyclic) bond motifs is 1. The van der Waals surface area contributed by atoms with Gasteiger partial charge in [0.05, 0.1) is 12.1 Å². The molecule has 4 aromatic rings. The Hall–Kier alpha value is -3.19. The summed E-state index contributed by atoms with van der Waals surface area (Å²) in [5.41, 5.74) is 3.78. The molecule has 7 heteroatoms. The highest BCUT2D eigenvalue weighted by Crippen LogP contribution is 2.31. The molecule has 2 N–H and O–H groups in total. The first-order valence-corrected chi connectivity index (χ1v) is 12.4. The van der Waals surface area contributed by atoms with E-state index in [1.807, 2.05) is 42.5 Å². The average Bonchev–Trinajstić information content (AvgIpc) is 2.89. The Bertz CT molecular complexity index is 1260. The van der Waals surface area contributed by atoms with Crippen molar-refractivity contribution in [3.05, 3.63) is 94.8 Å². The molecule has 0 amide bonds. The van der Waals surface area contributed by atoms with Gasteiger partial charge in [-0.15, -0.1) is 0 Å². The van der Waals surface area contributed by atoms with Gasteiger partial charge in [0.25, 0.3) is 0 Å². The molecule has 5 rings (SSSR count). The molecule has 1 aliphatic rings. The molecule has 180 valence electrons. The van der Waals surface area contributed by atoms with Crippen LogP contribution in [0.3, 0.4) is 0 Å². The second-order valence-corrected chi connectivity index (χ2v) is 9.27. The lowest BCUT2D eigenvalue weighted by Gasteiger charge is -2.32. The number of anilines is 1. The van der Waals surface area contributed by atoms with Gasteiger partial charge in [-0.3, -0.25) is 4.90 Å². The molecule has 1 aliphatic heterocycles. The summed E-state index contributed by atoms with van der Waals surface area (Å²) in [5, 5.41) is 14.6. The summed E-state index contributed by atoms with van der Waals surface area (Å²) < 4.78 is 6.02. The van der Waals surface area contributed by atoms with Gasteiger partial charge >= 0.3 is 0 Å². The molecule has 2 heterocycles. The topological polar surface area (TPSA) is 70.5 Å². The minimum Gasteiger partial charge on any atom is -0.488 e. The normalized spacial score (nSPS) is 14.8. The van der Waals surface area contributed by atoms with Crippen LogP contribution in [0.5, 0.6) is 5.75 Å². The highest BCUT2D eigenvalue weighted by atomic mass is 35.5. The van der Waals surface area contributed by atoms with Crippen LogP contribution in [-0.2, 0) is 19.8 Å². The maximum absolute atomic E-state index is 10.0. The first-order valence-electron chi connectivity index (χ1n) is 12.0. The molecule has 35 heavy (non-hydrogen) atoms. The van der Waals surface area contributed by atoms with Crippen LogP contribution in [0.4, 0.5) is 5.82 Å². The number of halogens is 1. The maximum atomic E-state index is 10.0. The molecular weight excluding hydrogens is 460 g/mol. The third kappa shape index (κ3) is 5.90. The van der Waals surface area contributed by atoms with Crippen molar-refractivity contribution < 1.29 is 9.84 Å². The van der Waals surface area contributed by atoms with Gasteiger partial charge < -0.3 is 15.2 Å². The molecule has 0 bridgehead atoms. The third-order valence-electron chi connectivity index (χ3n) is 6.44. The molecule has 1 saturated heterocycles. The number of rotatable bonds is 8. The van der Waals surface area contributed by atoms with E-state index in [9.17, 15) is 5.11 Å². The first kappa shape index (κ1) is 23.5. The first-order chi connectivity index (χ1) is 17.2. The van der Waals surface area contributed by atoms with Crippen molar-refractivity contribution in [2.45, 2.75) is 38.6 Å². The van der Waals surface area contributed by atoms with Gasteiger partial charge in [-0.05, 0) is 41.6 Å². The van der Waals surface area contributed by atoms with Crippen LogP contribution in [-0.4, -0.2) is 39.1 Å². The zero-order valence-corrected chi connectivity index (χ0v) is 20.3. The number of benzene rings is 3. The molecule has 6 nitrogen and oxygen atoms in total. The minimum absolute atomic E-state index is 0.139. The Balaban J connectivity index is 1.30. The van der Waals surface area contributed by atoms with Crippen molar-refractivity contribution in [3.63, 3.8) is 0 Å². The van der Waals surface area contributed by atoms with Crippen LogP contribution in [0.25, 0.3) is 10.9 Å². The fourth-order valence-corrected chi connectivity index (χ4v) is 4.72. The van der Waals surface area contributed by atoms with Crippen molar-refractivity contribution >= 4 is 28.3 Å². The van der Waals surface area contributed by atoms with E-state index in [0.29, 0.717) is 35.3 Å². The minimum atomic E-state index is -0.139. The summed E-state index contributed by atoms with van der Waals surface area (Å²) in [5.74, 6) is 1.30. The Morgan fingerprint density at radius 2 is 1.63 bits per heavy atom. The number of hydrogen-bond acceptors (Lipinski definition) is 6. The molecule has 0 saturated carbocycles. The lowest BCUT2D eigenvalue weighted by Crippen LogP contribution is -2.38. The number of aliphatic hydroxyl groups is 1. The van der Waals surface area contributed by atoms with Crippen molar-refractivity contribution in [1.82, 2.24) is 14.9 Å². The Morgan fingerprint density at radius 1 is 0.943 bits per heavy atom. The van der Waals surface area contributed by atoms with Gasteiger partial charge in [0, 0.05) is 42.7 Å². The average molecular weight is 489 g/mol. The monoisotopic (exact) mass is 488 g/mol. The predicted octanol–water partition coefficient (Wildman–Crippen LogP) is 5.43. The summed E-state index contributed by atoms with van der Waals surface area (Å²) in [6.07, 6.45) is 2.03. The molecule has 0 atom stereocenters. The van der Waals surface area contributed by atoms with Gasteiger partial charge in [0.15, 0.2) is 0 Å². The maximum Gasteiger partial charge on any atom is 0.224 e. The van der Waals surface area contributed by atoms with E-state index >= 15 is 0 Å². The molecule has 0 spiro atoms. The highest BCUT2D eigenvalue weighted by Gasteiger charge is 2.21. The van der Waals surface area contributed by atoms with E-state index in [4.69, 9.17) is 16.3 Å². The number of nitrogens with one attached hydrogen (secondary N) is 1. The van der Waals surface area contributed by atoms with Crippen LogP contribution in [0.15, 0.2) is 72.8 Å². The van der Waals surface area contributed by atoms with E-state index in [2.05, 4.69) is 50.5 Å². The van der Waals surface area contributed by atoms with E-state index in [1.165, 1.54) is 5.56 Å². The zero-order chi connectivity index (χ0) is 24.0. The van der Waals surface area contributed by atoms with Crippen molar-refractivity contribution in [1.29, 1.82) is 0 Å². The van der Waals surface area contributed by atoms with Crippen LogP contribution in [0.2, 0.25) is 5.28 Å². The molecule has 0 unspecified atom stereocenters. The SMILES string of the molecule is OCc1cc2c(NC3CCN(Cc4ccccc4)CC3)nc(Cl)nc2cc1OCc1ccccc1. The smallest absolute Gasteiger partial charge is 0.224 e. The molecule has 0 aliphatic carbocycles. The number of aromatic nitrogens is 2. The molecule has 1 fully saturated rings.